The highest BCUT2D eigenvalue weighted by Crippen LogP contribution is 2.43. The largest absolute Gasteiger partial charge is 0.481 e. The fourth-order valence-electron chi connectivity index (χ4n) is 5.05. The first-order valence-electron chi connectivity index (χ1n) is 9.99. The molecule has 154 valence electrons. The number of nitrogens with zero attached hydrogens (tertiary/aromatic N) is 4. The third-order valence-electron chi connectivity index (χ3n) is 6.62. The Morgan fingerprint density at radius 1 is 1.24 bits per heavy atom. The zero-order chi connectivity index (χ0) is 20.8. The Balaban J connectivity index is 1.60. The summed E-state index contributed by atoms with van der Waals surface area (Å²) in [7, 11) is 1.89. The number of carboxylic acid groups (broad SMARTS) is 1. The Morgan fingerprint density at radius 2 is 1.90 bits per heavy atom. The molecule has 1 N–H and O–H groups in total. The van der Waals surface area contributed by atoms with Crippen molar-refractivity contribution in [3.8, 4) is 5.69 Å². The van der Waals surface area contributed by atoms with Crippen LogP contribution in [-0.2, 0) is 18.4 Å². The van der Waals surface area contributed by atoms with Crippen LogP contribution in [0.2, 0.25) is 0 Å². The van der Waals surface area contributed by atoms with Crippen LogP contribution in [0.25, 0.3) is 5.69 Å². The molecule has 29 heavy (non-hydrogen) atoms. The minimum atomic E-state index is -0.760. The maximum atomic E-state index is 13.2. The highest BCUT2D eigenvalue weighted by Gasteiger charge is 2.57. The second-order valence-corrected chi connectivity index (χ2v) is 8.35. The van der Waals surface area contributed by atoms with Crippen molar-refractivity contribution in [2.45, 2.75) is 13.5 Å². The molecule has 1 aromatic carbocycles. The molecule has 0 bridgehead atoms. The Morgan fingerprint density at radius 3 is 2.52 bits per heavy atom. The molecule has 7 nitrogen and oxygen atoms in total. The smallest absolute Gasteiger partial charge is 0.312 e. The highest BCUT2D eigenvalue weighted by atomic mass is 16.4. The number of aromatic nitrogens is 2. The third-order valence-corrected chi connectivity index (χ3v) is 6.62. The Bertz CT molecular complexity index is 993. The molecule has 2 fully saturated rings. The molecule has 1 aromatic heterocycles. The monoisotopic (exact) mass is 396 g/mol. The molecule has 0 amide bonds. The Kier molecular flexibility index (Phi) is 4.96. The van der Waals surface area contributed by atoms with Gasteiger partial charge in [0.15, 0.2) is 0 Å². The van der Waals surface area contributed by atoms with E-state index < -0.39 is 11.4 Å². The lowest BCUT2D eigenvalue weighted by Gasteiger charge is -2.24. The summed E-state index contributed by atoms with van der Waals surface area (Å²) < 4.78 is 3.56. The quantitative estimate of drug-likeness (QED) is 0.749. The van der Waals surface area contributed by atoms with Crippen LogP contribution in [0.3, 0.4) is 0 Å². The van der Waals surface area contributed by atoms with E-state index in [4.69, 9.17) is 0 Å². The standard InChI is InChI=1S/C22H28N4O3/c1-4-10-24-11-17-12-25(15-22(17,14-24)21(28)29)13-19-16(2)23(3)26(20(19)27)18-8-6-5-7-9-18/h4-9,17H,1,10-15H2,2-3H3,(H,28,29)/t17-,22-/m1/s1. The number of likely N-dealkylation sites (tertiary alicyclic amines) is 2. The van der Waals surface area contributed by atoms with Crippen LogP contribution in [0, 0.1) is 18.3 Å². The van der Waals surface area contributed by atoms with Crippen LogP contribution < -0.4 is 5.56 Å². The van der Waals surface area contributed by atoms with E-state index in [1.807, 2.05) is 55.1 Å². The summed E-state index contributed by atoms with van der Waals surface area (Å²) in [5, 5.41) is 10.0. The van der Waals surface area contributed by atoms with E-state index in [0.717, 1.165) is 23.5 Å². The Labute approximate surface area is 170 Å². The van der Waals surface area contributed by atoms with Crippen molar-refractivity contribution in [2.75, 3.05) is 32.7 Å². The average Bonchev–Trinajstić information content (AvgIpc) is 3.27. The van der Waals surface area contributed by atoms with E-state index in [0.29, 0.717) is 32.7 Å². The highest BCUT2D eigenvalue weighted by molar-refractivity contribution is 5.77. The number of hydrogen-bond acceptors (Lipinski definition) is 4. The van der Waals surface area contributed by atoms with Crippen molar-refractivity contribution in [1.29, 1.82) is 0 Å². The molecule has 2 aliphatic heterocycles. The molecule has 2 aliphatic rings. The molecule has 2 atom stereocenters. The molecule has 0 radical (unpaired) electrons. The topological polar surface area (TPSA) is 70.7 Å². The van der Waals surface area contributed by atoms with Crippen molar-refractivity contribution in [1.82, 2.24) is 19.2 Å². The maximum Gasteiger partial charge on any atom is 0.312 e. The maximum absolute atomic E-state index is 13.2. The molecule has 0 aliphatic carbocycles. The lowest BCUT2D eigenvalue weighted by molar-refractivity contribution is -0.148. The fourth-order valence-corrected chi connectivity index (χ4v) is 5.05. The van der Waals surface area contributed by atoms with Crippen LogP contribution in [0.1, 0.15) is 11.3 Å². The number of para-hydroxylation sites is 1. The first-order valence-corrected chi connectivity index (χ1v) is 9.99. The van der Waals surface area contributed by atoms with E-state index >= 15 is 0 Å². The molecule has 2 aromatic rings. The van der Waals surface area contributed by atoms with Gasteiger partial charge in [0.1, 0.15) is 0 Å². The normalized spacial score (nSPS) is 24.7. The summed E-state index contributed by atoms with van der Waals surface area (Å²) >= 11 is 0. The predicted molar refractivity (Wildman–Crippen MR) is 111 cm³/mol. The molecule has 4 rings (SSSR count). The van der Waals surface area contributed by atoms with Gasteiger partial charge in [0.2, 0.25) is 0 Å². The number of fused-ring (bicyclic) bond motifs is 1. The second kappa shape index (κ2) is 7.31. The first kappa shape index (κ1) is 19.7. The summed E-state index contributed by atoms with van der Waals surface area (Å²) in [4.78, 5) is 29.7. The SMILES string of the molecule is C=CCN1C[C@@H]2CN(Cc3c(C)n(C)n(-c4ccccc4)c3=O)C[C@]2(C(=O)O)C1. The van der Waals surface area contributed by atoms with Gasteiger partial charge in [0.25, 0.3) is 5.56 Å². The zero-order valence-electron chi connectivity index (χ0n) is 17.0. The number of rotatable bonds is 6. The number of carbonyl (C=O) groups is 1. The van der Waals surface area contributed by atoms with Gasteiger partial charge in [0.05, 0.1) is 16.7 Å². The minimum absolute atomic E-state index is 0.0362. The van der Waals surface area contributed by atoms with Gasteiger partial charge < -0.3 is 5.11 Å². The number of benzene rings is 1. The van der Waals surface area contributed by atoms with Gasteiger partial charge in [-0.25, -0.2) is 4.68 Å². The van der Waals surface area contributed by atoms with Crippen LogP contribution in [0.5, 0.6) is 0 Å². The fraction of sp³-hybridized carbons (Fsp3) is 0.455. The van der Waals surface area contributed by atoms with Crippen LogP contribution >= 0.6 is 0 Å². The summed E-state index contributed by atoms with van der Waals surface area (Å²) in [6.45, 7) is 9.38. The van der Waals surface area contributed by atoms with Gasteiger partial charge >= 0.3 is 5.97 Å². The summed E-state index contributed by atoms with van der Waals surface area (Å²) in [6.07, 6.45) is 1.83. The number of hydrogen-bond donors (Lipinski definition) is 1. The lowest BCUT2D eigenvalue weighted by Crippen LogP contribution is -2.41. The second-order valence-electron chi connectivity index (χ2n) is 8.35. The van der Waals surface area contributed by atoms with Crippen molar-refractivity contribution >= 4 is 5.97 Å². The minimum Gasteiger partial charge on any atom is -0.481 e. The average molecular weight is 396 g/mol. The molecule has 3 heterocycles. The predicted octanol–water partition coefficient (Wildman–Crippen LogP) is 1.49. The van der Waals surface area contributed by atoms with E-state index in [9.17, 15) is 14.7 Å². The van der Waals surface area contributed by atoms with E-state index in [-0.39, 0.29) is 11.5 Å². The molecule has 0 spiro atoms. The van der Waals surface area contributed by atoms with Crippen molar-refractivity contribution in [3.05, 3.63) is 64.6 Å². The lowest BCUT2D eigenvalue weighted by atomic mass is 9.81. The van der Waals surface area contributed by atoms with E-state index in [1.54, 1.807) is 4.68 Å². The van der Waals surface area contributed by atoms with Crippen LogP contribution in [0.15, 0.2) is 47.8 Å². The summed E-state index contributed by atoms with van der Waals surface area (Å²) in [5.74, 6) is -0.664. The molecule has 0 saturated carbocycles. The third kappa shape index (κ3) is 3.14. The molecular weight excluding hydrogens is 368 g/mol. The molecule has 2 saturated heterocycles. The Hall–Kier alpha value is -2.64. The van der Waals surface area contributed by atoms with Crippen LogP contribution in [-0.4, -0.2) is 63.0 Å². The summed E-state index contributed by atoms with van der Waals surface area (Å²) in [5.41, 5.74) is 1.68. The van der Waals surface area contributed by atoms with Gasteiger partial charge in [-0.05, 0) is 19.1 Å². The number of carboxylic acids is 1. The molecule has 7 heteroatoms. The van der Waals surface area contributed by atoms with Gasteiger partial charge in [-0.3, -0.25) is 24.1 Å². The van der Waals surface area contributed by atoms with Gasteiger partial charge in [-0.2, -0.15) is 0 Å². The van der Waals surface area contributed by atoms with Gasteiger partial charge in [0, 0.05) is 57.9 Å². The van der Waals surface area contributed by atoms with E-state index in [2.05, 4.69) is 16.4 Å². The van der Waals surface area contributed by atoms with Crippen LogP contribution in [0.4, 0.5) is 0 Å². The van der Waals surface area contributed by atoms with E-state index in [1.165, 1.54) is 0 Å². The number of aliphatic carboxylic acids is 1. The molecule has 0 unspecified atom stereocenters. The van der Waals surface area contributed by atoms with Crippen molar-refractivity contribution < 1.29 is 9.90 Å². The van der Waals surface area contributed by atoms with Gasteiger partial charge in [-0.1, -0.05) is 24.3 Å². The zero-order valence-corrected chi connectivity index (χ0v) is 17.0. The molecular formula is C22H28N4O3. The van der Waals surface area contributed by atoms with Gasteiger partial charge in [-0.15, -0.1) is 6.58 Å². The summed E-state index contributed by atoms with van der Waals surface area (Å²) in [6, 6.07) is 9.58. The van der Waals surface area contributed by atoms with Crippen molar-refractivity contribution in [2.24, 2.45) is 18.4 Å². The van der Waals surface area contributed by atoms with Crippen molar-refractivity contribution in [3.63, 3.8) is 0 Å². The first-order chi connectivity index (χ1) is 13.9.